The van der Waals surface area contributed by atoms with Gasteiger partial charge in [-0.2, -0.15) is 0 Å². The molecule has 2 rings (SSSR count). The van der Waals surface area contributed by atoms with Crippen molar-refractivity contribution >= 4 is 15.7 Å². The zero-order valence-corrected chi connectivity index (χ0v) is 8.40. The molecule has 0 bridgehead atoms. The molecule has 0 radical (unpaired) electrons. The van der Waals surface area contributed by atoms with Gasteiger partial charge >= 0.3 is 0 Å². The highest BCUT2D eigenvalue weighted by atomic mass is 32.2. The van der Waals surface area contributed by atoms with E-state index in [2.05, 4.69) is 5.32 Å². The smallest absolute Gasteiger partial charge is 0.220 e. The minimum atomic E-state index is -2.55. The molecule has 13 heavy (non-hydrogen) atoms. The van der Waals surface area contributed by atoms with Crippen LogP contribution in [0.15, 0.2) is 0 Å². The number of sulfone groups is 1. The van der Waals surface area contributed by atoms with Crippen molar-refractivity contribution in [3.63, 3.8) is 0 Å². The van der Waals surface area contributed by atoms with Gasteiger partial charge in [-0.3, -0.25) is 4.79 Å². The predicted molar refractivity (Wildman–Crippen MR) is 50.1 cm³/mol. The minimum absolute atomic E-state index is 0.204. The molecule has 1 amide bonds. The number of carbonyl (C=O) groups is 1. The monoisotopic (exact) mass is 205 g/mol. The Bertz CT molecular complexity index is 251. The van der Waals surface area contributed by atoms with Crippen LogP contribution in [0.5, 0.6) is 0 Å². The maximum Gasteiger partial charge on any atom is 0.220 e. The Morgan fingerprint density at radius 3 is 1.85 bits per heavy atom. The second-order valence-corrected chi connectivity index (χ2v) is 5.62. The normalized spacial score (nSPS) is 24.8. The van der Waals surface area contributed by atoms with Crippen molar-refractivity contribution < 1.29 is 13.2 Å². The van der Waals surface area contributed by atoms with Gasteiger partial charge in [-0.05, 0) is 19.3 Å². The van der Waals surface area contributed by atoms with Crippen molar-refractivity contribution in [2.45, 2.75) is 25.7 Å². The lowest BCUT2D eigenvalue weighted by Crippen LogP contribution is -2.12. The standard InChI is InChI=1S/C4H7NO.C4H8O2S/c6-4-2-1-3-5-4;5-7(6)3-1-2-4-7/h1-3H2,(H,5,6);1-4H2. The van der Waals surface area contributed by atoms with E-state index in [1.165, 1.54) is 0 Å². The van der Waals surface area contributed by atoms with E-state index < -0.39 is 9.84 Å². The third-order valence-corrected chi connectivity index (χ3v) is 3.88. The van der Waals surface area contributed by atoms with Crippen LogP contribution in [-0.2, 0) is 14.6 Å². The van der Waals surface area contributed by atoms with E-state index in [1.54, 1.807) is 0 Å². The van der Waals surface area contributed by atoms with Crippen LogP contribution in [0.2, 0.25) is 0 Å². The minimum Gasteiger partial charge on any atom is -0.356 e. The average molecular weight is 205 g/mol. The maximum absolute atomic E-state index is 10.4. The summed E-state index contributed by atoms with van der Waals surface area (Å²) in [5, 5.41) is 2.68. The van der Waals surface area contributed by atoms with Crippen molar-refractivity contribution in [1.82, 2.24) is 5.32 Å². The number of carbonyl (C=O) groups excluding carboxylic acids is 1. The summed E-state index contributed by atoms with van der Waals surface area (Å²) >= 11 is 0. The van der Waals surface area contributed by atoms with Gasteiger partial charge in [0.1, 0.15) is 9.84 Å². The summed E-state index contributed by atoms with van der Waals surface area (Å²) in [7, 11) is -2.55. The van der Waals surface area contributed by atoms with Gasteiger partial charge in [0.25, 0.3) is 0 Å². The highest BCUT2D eigenvalue weighted by Gasteiger charge is 2.16. The van der Waals surface area contributed by atoms with E-state index >= 15 is 0 Å². The molecule has 0 spiro atoms. The summed E-state index contributed by atoms with van der Waals surface area (Å²) in [5.74, 6) is 1.05. The molecule has 0 unspecified atom stereocenters. The fourth-order valence-corrected chi connectivity index (χ4v) is 2.80. The first-order valence-corrected chi connectivity index (χ1v) is 6.39. The molecule has 0 aromatic carbocycles. The Kier molecular flexibility index (Phi) is 3.71. The highest BCUT2D eigenvalue weighted by Crippen LogP contribution is 2.08. The SMILES string of the molecule is O=C1CCCN1.O=S1(=O)CCCC1. The number of rotatable bonds is 0. The first-order chi connectivity index (χ1) is 6.10. The molecule has 0 atom stereocenters. The molecule has 2 fully saturated rings. The number of hydrogen-bond acceptors (Lipinski definition) is 3. The Balaban J connectivity index is 0.000000132. The summed E-state index contributed by atoms with van der Waals surface area (Å²) in [5.41, 5.74) is 0. The van der Waals surface area contributed by atoms with Crippen molar-refractivity contribution in [3.8, 4) is 0 Å². The van der Waals surface area contributed by atoms with Crippen LogP contribution >= 0.6 is 0 Å². The fourth-order valence-electron chi connectivity index (χ4n) is 1.31. The Morgan fingerprint density at radius 2 is 1.69 bits per heavy atom. The van der Waals surface area contributed by atoms with Crippen molar-refractivity contribution in [2.75, 3.05) is 18.1 Å². The molecule has 0 aliphatic carbocycles. The molecule has 4 nitrogen and oxygen atoms in total. The van der Waals surface area contributed by atoms with Gasteiger partial charge in [0.15, 0.2) is 0 Å². The second kappa shape index (κ2) is 4.60. The Hall–Kier alpha value is -0.580. The van der Waals surface area contributed by atoms with Gasteiger partial charge in [0, 0.05) is 13.0 Å². The molecule has 2 heterocycles. The highest BCUT2D eigenvalue weighted by molar-refractivity contribution is 7.91. The van der Waals surface area contributed by atoms with Crippen LogP contribution in [0.25, 0.3) is 0 Å². The van der Waals surface area contributed by atoms with Crippen LogP contribution in [0.4, 0.5) is 0 Å². The first kappa shape index (κ1) is 10.5. The molecule has 0 aromatic rings. The zero-order valence-electron chi connectivity index (χ0n) is 7.58. The molecule has 76 valence electrons. The molecule has 2 saturated heterocycles. The average Bonchev–Trinajstić information content (AvgIpc) is 2.62. The van der Waals surface area contributed by atoms with Gasteiger partial charge in [-0.15, -0.1) is 0 Å². The number of nitrogens with one attached hydrogen (secondary N) is 1. The lowest BCUT2D eigenvalue weighted by Gasteiger charge is -1.81. The van der Waals surface area contributed by atoms with Gasteiger partial charge in [0.05, 0.1) is 11.5 Å². The molecular weight excluding hydrogens is 190 g/mol. The lowest BCUT2D eigenvalue weighted by atomic mass is 10.4. The molecule has 1 N–H and O–H groups in total. The molecule has 0 saturated carbocycles. The second-order valence-electron chi connectivity index (χ2n) is 3.31. The summed E-state index contributed by atoms with van der Waals surface area (Å²) < 4.78 is 20.9. The van der Waals surface area contributed by atoms with Crippen LogP contribution in [0.1, 0.15) is 25.7 Å². The molecule has 0 aromatic heterocycles. The van der Waals surface area contributed by atoms with Crippen LogP contribution in [0, 0.1) is 0 Å². The molecular formula is C8H15NO3S. The van der Waals surface area contributed by atoms with Crippen molar-refractivity contribution in [3.05, 3.63) is 0 Å². The number of amides is 1. The third-order valence-electron chi connectivity index (χ3n) is 2.06. The summed E-state index contributed by atoms with van der Waals surface area (Å²) in [6.45, 7) is 0.888. The van der Waals surface area contributed by atoms with Crippen molar-refractivity contribution in [1.29, 1.82) is 0 Å². The lowest BCUT2D eigenvalue weighted by molar-refractivity contribution is -0.119. The molecule has 5 heteroatoms. The van der Waals surface area contributed by atoms with E-state index in [-0.39, 0.29) is 5.91 Å². The molecule has 2 aliphatic heterocycles. The topological polar surface area (TPSA) is 63.2 Å². The Morgan fingerprint density at radius 1 is 1.08 bits per heavy atom. The van der Waals surface area contributed by atoms with E-state index in [4.69, 9.17) is 0 Å². The van der Waals surface area contributed by atoms with Crippen LogP contribution in [0.3, 0.4) is 0 Å². The Labute approximate surface area is 78.6 Å². The van der Waals surface area contributed by atoms with Gasteiger partial charge in [-0.1, -0.05) is 0 Å². The predicted octanol–water partition coefficient (Wildman–Crippen LogP) is 0.0914. The van der Waals surface area contributed by atoms with Gasteiger partial charge < -0.3 is 5.32 Å². The van der Waals surface area contributed by atoms with Crippen LogP contribution < -0.4 is 5.32 Å². The maximum atomic E-state index is 10.4. The summed E-state index contributed by atoms with van der Waals surface area (Å²) in [4.78, 5) is 10.1. The number of hydrogen-bond donors (Lipinski definition) is 1. The van der Waals surface area contributed by atoms with Crippen LogP contribution in [-0.4, -0.2) is 32.4 Å². The van der Waals surface area contributed by atoms with E-state index in [9.17, 15) is 13.2 Å². The summed E-state index contributed by atoms with van der Waals surface area (Å²) in [6.07, 6.45) is 3.52. The largest absolute Gasteiger partial charge is 0.356 e. The summed E-state index contributed by atoms with van der Waals surface area (Å²) in [6, 6.07) is 0. The van der Waals surface area contributed by atoms with E-state index in [0.717, 1.165) is 32.2 Å². The van der Waals surface area contributed by atoms with Crippen molar-refractivity contribution in [2.24, 2.45) is 0 Å². The zero-order chi connectivity index (χ0) is 9.73. The van der Waals surface area contributed by atoms with Gasteiger partial charge in [0.2, 0.25) is 5.91 Å². The quantitative estimate of drug-likeness (QED) is 0.609. The first-order valence-electron chi connectivity index (χ1n) is 4.57. The van der Waals surface area contributed by atoms with Gasteiger partial charge in [-0.25, -0.2) is 8.42 Å². The molecule has 2 aliphatic rings. The van der Waals surface area contributed by atoms with E-state index in [1.807, 2.05) is 0 Å². The third kappa shape index (κ3) is 4.26. The fraction of sp³-hybridized carbons (Fsp3) is 0.875. The van der Waals surface area contributed by atoms with E-state index in [0.29, 0.717) is 11.5 Å².